The molecule has 10 atom stereocenters. The molecule has 4 unspecified atom stereocenters. The molecule has 0 saturated carbocycles. The Kier molecular flexibility index (Phi) is 8.40. The molecule has 2 fully saturated rings. The third-order valence-electron chi connectivity index (χ3n) is 4.45. The Hall–Kier alpha value is 0.255. The van der Waals surface area contributed by atoms with Crippen molar-refractivity contribution in [3.05, 3.63) is 0 Å². The monoisotopic (exact) mass is 444 g/mol. The van der Waals surface area contributed by atoms with Gasteiger partial charge in [0.05, 0.1) is 25.2 Å². The normalized spacial score (nSPS) is 42.9. The van der Waals surface area contributed by atoms with Crippen molar-refractivity contribution in [3.8, 4) is 0 Å². The topological polar surface area (TPSA) is 170 Å². The van der Waals surface area contributed by atoms with Crippen LogP contribution in [0, 0.1) is 0 Å². The van der Waals surface area contributed by atoms with Crippen LogP contribution in [0.5, 0.6) is 0 Å². The van der Waals surface area contributed by atoms with Crippen molar-refractivity contribution >= 4 is 39.2 Å². The van der Waals surface area contributed by atoms with E-state index < -0.39 is 70.7 Å². The van der Waals surface area contributed by atoms with E-state index in [9.17, 15) is 29.1 Å². The molecule has 0 radical (unpaired) electrons. The Morgan fingerprint density at radius 3 is 1.86 bits per heavy atom. The fourth-order valence-corrected chi connectivity index (χ4v) is 4.79. The van der Waals surface area contributed by atoms with E-state index >= 15 is 0 Å². The molecule has 2 rings (SSSR count). The lowest BCUT2D eigenvalue weighted by Crippen LogP contribution is -2.38. The lowest BCUT2D eigenvalue weighted by Gasteiger charge is -2.25. The Bertz CT molecular complexity index is 622. The summed E-state index contributed by atoms with van der Waals surface area (Å²) in [6.07, 6.45) is -6.68. The molecule has 2 aliphatic rings. The quantitative estimate of drug-likeness (QED) is 0.200. The molecule has 160 valence electrons. The van der Waals surface area contributed by atoms with Crippen LogP contribution in [0.2, 0.25) is 0 Å². The van der Waals surface area contributed by atoms with E-state index in [1.54, 1.807) is 7.85 Å². The Morgan fingerprint density at radius 2 is 1.39 bits per heavy atom. The van der Waals surface area contributed by atoms with Crippen LogP contribution in [0.4, 0.5) is 0 Å². The second-order valence-electron chi connectivity index (χ2n) is 6.90. The molecular formula is C11H25B3O12P2. The van der Waals surface area contributed by atoms with Crippen molar-refractivity contribution in [2.45, 2.75) is 48.6 Å². The van der Waals surface area contributed by atoms with Gasteiger partial charge in [-0.05, 0) is 0 Å². The first kappa shape index (κ1) is 24.5. The smallest absolute Gasteiger partial charge is 0.441 e. The van der Waals surface area contributed by atoms with E-state index in [0.29, 0.717) is 0 Å². The van der Waals surface area contributed by atoms with Crippen LogP contribution >= 0.6 is 15.4 Å². The fraction of sp³-hybridized carbons (Fsp3) is 1.00. The maximum absolute atomic E-state index is 12.3. The van der Waals surface area contributed by atoms with Crippen LogP contribution in [0.25, 0.3) is 0 Å². The first-order valence-electron chi connectivity index (χ1n) is 8.65. The van der Waals surface area contributed by atoms with Crippen LogP contribution in [0.3, 0.4) is 0 Å². The van der Waals surface area contributed by atoms with Crippen molar-refractivity contribution in [1.29, 1.82) is 0 Å². The highest BCUT2D eigenvalue weighted by Gasteiger charge is 2.48. The van der Waals surface area contributed by atoms with Gasteiger partial charge in [0.15, 0.2) is 0 Å². The second-order valence-corrected chi connectivity index (χ2v) is 10.1. The van der Waals surface area contributed by atoms with Crippen molar-refractivity contribution in [2.75, 3.05) is 19.9 Å². The number of rotatable bonds is 9. The average molecular weight is 444 g/mol. The number of aliphatic hydroxyl groups is 2. The lowest BCUT2D eigenvalue weighted by molar-refractivity contribution is -0.0269. The summed E-state index contributed by atoms with van der Waals surface area (Å²) in [7, 11) is -4.14. The maximum atomic E-state index is 12.3. The third-order valence-corrected chi connectivity index (χ3v) is 6.07. The summed E-state index contributed by atoms with van der Waals surface area (Å²) in [6, 6.07) is -1.39. The standard InChI is InChI=1S/C11H25B3O12P2/c1-27(17,18)25-8-5(24-10(12)6(8)15)3-22-28(19,20)26-9-4(2-21-14)23-11(13)7(9)16/h4-11,15-16H,2-3,12-14H2,1H3,(H,17,18)(H,19,20)/t4-,5-,6+,7+,8?,9?,10-,11-/m1/s1. The van der Waals surface area contributed by atoms with Crippen molar-refractivity contribution in [2.24, 2.45) is 0 Å². The third kappa shape index (κ3) is 6.37. The van der Waals surface area contributed by atoms with Gasteiger partial charge in [-0.1, -0.05) is 0 Å². The predicted octanol–water partition coefficient (Wildman–Crippen LogP) is -4.31. The van der Waals surface area contributed by atoms with Gasteiger partial charge in [-0.15, -0.1) is 0 Å². The number of phosphoric ester groups is 1. The molecule has 2 aliphatic heterocycles. The highest BCUT2D eigenvalue weighted by Crippen LogP contribution is 2.48. The molecule has 0 aromatic heterocycles. The lowest BCUT2D eigenvalue weighted by atomic mass is 9.93. The molecule has 2 saturated heterocycles. The van der Waals surface area contributed by atoms with E-state index in [4.69, 9.17) is 27.7 Å². The molecule has 0 spiro atoms. The molecular weight excluding hydrogens is 418 g/mol. The number of hydrogen-bond donors (Lipinski definition) is 4. The zero-order valence-electron chi connectivity index (χ0n) is 16.0. The molecule has 28 heavy (non-hydrogen) atoms. The number of phosphoric acid groups is 1. The zero-order valence-corrected chi connectivity index (χ0v) is 17.8. The average Bonchev–Trinajstić information content (AvgIpc) is 2.97. The highest BCUT2D eigenvalue weighted by atomic mass is 31.2. The second kappa shape index (κ2) is 9.59. The zero-order chi connectivity index (χ0) is 21.3. The molecule has 0 aromatic carbocycles. The van der Waals surface area contributed by atoms with Gasteiger partial charge in [-0.2, -0.15) is 0 Å². The maximum Gasteiger partial charge on any atom is 0.472 e. The van der Waals surface area contributed by atoms with Gasteiger partial charge in [0.1, 0.15) is 52.3 Å². The molecule has 4 N–H and O–H groups in total. The molecule has 17 heteroatoms. The van der Waals surface area contributed by atoms with Gasteiger partial charge >= 0.3 is 15.4 Å². The number of hydrogen-bond acceptors (Lipinski definition) is 10. The van der Waals surface area contributed by atoms with Crippen LogP contribution < -0.4 is 0 Å². The number of ether oxygens (including phenoxy) is 2. The summed E-state index contributed by atoms with van der Waals surface area (Å²) < 4.78 is 54.5. The molecule has 12 nitrogen and oxygen atoms in total. The van der Waals surface area contributed by atoms with E-state index in [1.807, 2.05) is 0 Å². The minimum Gasteiger partial charge on any atom is -0.441 e. The SMILES string of the molecule is BOC[C@H]1O[C@@H](B)[C@@H](O)C1OP(=O)(O)OC[C@H]1O[C@@H](B)[C@@H](O)C1OP(C)(=O)O. The minimum absolute atomic E-state index is 0.0275. The van der Waals surface area contributed by atoms with Crippen molar-refractivity contribution in [3.63, 3.8) is 0 Å². The van der Waals surface area contributed by atoms with Gasteiger partial charge in [0.2, 0.25) is 0 Å². The van der Waals surface area contributed by atoms with Crippen LogP contribution in [0.15, 0.2) is 0 Å². The summed E-state index contributed by atoms with van der Waals surface area (Å²) in [4.78, 5) is 19.4. The van der Waals surface area contributed by atoms with E-state index in [-0.39, 0.29) is 6.61 Å². The Balaban J connectivity index is 1.99. The summed E-state index contributed by atoms with van der Waals surface area (Å²) in [5, 5.41) is 20.2. The van der Waals surface area contributed by atoms with Crippen molar-refractivity contribution in [1.82, 2.24) is 0 Å². The first-order chi connectivity index (χ1) is 12.8. The van der Waals surface area contributed by atoms with Crippen LogP contribution in [-0.4, -0.2) is 112 Å². The molecule has 0 aromatic rings. The Labute approximate surface area is 165 Å². The van der Waals surface area contributed by atoms with Gasteiger partial charge in [0, 0.05) is 6.66 Å². The molecule has 2 heterocycles. The molecule has 0 bridgehead atoms. The van der Waals surface area contributed by atoms with E-state index in [2.05, 4.69) is 0 Å². The predicted molar refractivity (Wildman–Crippen MR) is 102 cm³/mol. The summed E-state index contributed by atoms with van der Waals surface area (Å²) in [6.45, 7) is 0.410. The van der Waals surface area contributed by atoms with E-state index in [1.165, 1.54) is 15.9 Å². The minimum atomic E-state index is -4.68. The number of aliphatic hydroxyl groups excluding tert-OH is 2. The highest BCUT2D eigenvalue weighted by molar-refractivity contribution is 7.51. The summed E-state index contributed by atoms with van der Waals surface area (Å²) in [5.41, 5.74) is 0. The largest absolute Gasteiger partial charge is 0.472 e. The van der Waals surface area contributed by atoms with Gasteiger partial charge < -0.3 is 34.1 Å². The van der Waals surface area contributed by atoms with Gasteiger partial charge in [0.25, 0.3) is 8.05 Å². The van der Waals surface area contributed by atoms with Crippen LogP contribution in [-0.2, 0) is 36.8 Å². The molecule has 0 amide bonds. The fourth-order valence-electron chi connectivity index (χ4n) is 3.11. The van der Waals surface area contributed by atoms with Gasteiger partial charge in [-0.25, -0.2) is 4.57 Å². The Morgan fingerprint density at radius 1 is 0.929 bits per heavy atom. The summed E-state index contributed by atoms with van der Waals surface area (Å²) >= 11 is 0. The van der Waals surface area contributed by atoms with Crippen LogP contribution in [0.1, 0.15) is 0 Å². The summed E-state index contributed by atoms with van der Waals surface area (Å²) in [5.74, 6) is 0. The van der Waals surface area contributed by atoms with Crippen molar-refractivity contribution < 1.29 is 56.8 Å². The first-order valence-corrected chi connectivity index (χ1v) is 12.2. The van der Waals surface area contributed by atoms with E-state index in [0.717, 1.165) is 6.66 Å². The van der Waals surface area contributed by atoms with Gasteiger partial charge in [-0.3, -0.25) is 18.1 Å². The molecule has 0 aliphatic carbocycles.